The number of sulfonamides is 2. The van der Waals surface area contributed by atoms with Crippen LogP contribution < -0.4 is 0 Å². The summed E-state index contributed by atoms with van der Waals surface area (Å²) in [4.78, 5) is 2.90. The minimum atomic E-state index is -4.74. The van der Waals surface area contributed by atoms with Crippen LogP contribution in [-0.4, -0.2) is 52.5 Å². The van der Waals surface area contributed by atoms with Crippen LogP contribution in [0.2, 0.25) is 0 Å². The molecule has 31 heavy (non-hydrogen) atoms. The molecule has 12 heteroatoms. The molecular weight excluding hydrogens is 448 g/mol. The number of hydrogen-bond donors (Lipinski definition) is 4. The summed E-state index contributed by atoms with van der Waals surface area (Å²) in [6.07, 6.45) is 1.41. The fraction of sp³-hybridized carbons (Fsp3) is 0.105. The van der Waals surface area contributed by atoms with Crippen molar-refractivity contribution in [3.8, 4) is 23.0 Å². The SMILES string of the molecule is O=S(=O)(c1ccc(O)c(O)c1)N(CCc1ccccn1)S(=O)(=O)c1ccc(O)c(O)c1. The first-order valence-corrected chi connectivity index (χ1v) is 11.6. The van der Waals surface area contributed by atoms with Crippen LogP contribution in [0, 0.1) is 0 Å². The molecule has 0 spiro atoms. The van der Waals surface area contributed by atoms with Gasteiger partial charge in [-0.15, -0.1) is 0 Å². The average Bonchev–Trinajstić information content (AvgIpc) is 2.72. The number of benzene rings is 2. The second-order valence-corrected chi connectivity index (χ2v) is 10.3. The third kappa shape index (κ3) is 4.55. The molecule has 1 heterocycles. The van der Waals surface area contributed by atoms with Crippen LogP contribution >= 0.6 is 0 Å². The lowest BCUT2D eigenvalue weighted by Gasteiger charge is -2.22. The zero-order valence-corrected chi connectivity index (χ0v) is 17.5. The highest BCUT2D eigenvalue weighted by atomic mass is 32.3. The van der Waals surface area contributed by atoms with E-state index in [9.17, 15) is 37.3 Å². The minimum Gasteiger partial charge on any atom is -0.504 e. The topological polar surface area (TPSA) is 165 Å². The maximum Gasteiger partial charge on any atom is 0.256 e. The van der Waals surface area contributed by atoms with E-state index >= 15 is 0 Å². The second kappa shape index (κ2) is 8.41. The van der Waals surface area contributed by atoms with E-state index in [0.29, 0.717) is 5.69 Å². The number of pyridine rings is 1. The molecule has 1 aromatic heterocycles. The third-order valence-electron chi connectivity index (χ3n) is 4.30. The summed E-state index contributed by atoms with van der Waals surface area (Å²) in [5.74, 6) is -2.65. The molecule has 2 aromatic carbocycles. The molecule has 10 nitrogen and oxygen atoms in total. The third-order valence-corrected chi connectivity index (χ3v) is 8.62. The Bertz CT molecular complexity index is 1230. The van der Waals surface area contributed by atoms with Gasteiger partial charge in [0, 0.05) is 37.0 Å². The monoisotopic (exact) mass is 466 g/mol. The van der Waals surface area contributed by atoms with Gasteiger partial charge in [0.2, 0.25) is 0 Å². The van der Waals surface area contributed by atoms with Gasteiger partial charge >= 0.3 is 0 Å². The fourth-order valence-corrected chi connectivity index (χ4v) is 6.37. The van der Waals surface area contributed by atoms with Gasteiger partial charge in [0.1, 0.15) is 0 Å². The van der Waals surface area contributed by atoms with Gasteiger partial charge in [0.15, 0.2) is 23.0 Å². The Hall–Kier alpha value is -3.35. The number of rotatable bonds is 7. The van der Waals surface area contributed by atoms with Crippen LogP contribution in [0.3, 0.4) is 0 Å². The Labute approximate surface area is 178 Å². The van der Waals surface area contributed by atoms with Crippen LogP contribution in [0.15, 0.2) is 70.6 Å². The molecule has 0 atom stereocenters. The molecule has 0 aliphatic rings. The van der Waals surface area contributed by atoms with Crippen LogP contribution in [-0.2, 0) is 26.5 Å². The Morgan fingerprint density at radius 3 is 1.65 bits per heavy atom. The van der Waals surface area contributed by atoms with Crippen molar-refractivity contribution in [1.82, 2.24) is 8.69 Å². The average molecular weight is 466 g/mol. The van der Waals surface area contributed by atoms with Crippen molar-refractivity contribution in [1.29, 1.82) is 0 Å². The van der Waals surface area contributed by atoms with Crippen molar-refractivity contribution in [2.75, 3.05) is 6.54 Å². The van der Waals surface area contributed by atoms with Gasteiger partial charge in [-0.3, -0.25) is 4.98 Å². The molecule has 0 fully saturated rings. The minimum absolute atomic E-state index is 0.0621. The van der Waals surface area contributed by atoms with Gasteiger partial charge in [-0.2, -0.15) is 0 Å². The number of hydrogen-bond acceptors (Lipinski definition) is 9. The van der Waals surface area contributed by atoms with Crippen LogP contribution in [0.4, 0.5) is 0 Å². The van der Waals surface area contributed by atoms with E-state index in [0.717, 1.165) is 36.4 Å². The van der Waals surface area contributed by atoms with E-state index in [4.69, 9.17) is 0 Å². The predicted molar refractivity (Wildman–Crippen MR) is 109 cm³/mol. The molecule has 0 radical (unpaired) electrons. The summed E-state index contributed by atoms with van der Waals surface area (Å²) < 4.78 is 53.1. The summed E-state index contributed by atoms with van der Waals surface area (Å²) in [7, 11) is -9.47. The van der Waals surface area contributed by atoms with E-state index < -0.39 is 59.4 Å². The second-order valence-electron chi connectivity index (χ2n) is 6.38. The van der Waals surface area contributed by atoms with Crippen molar-refractivity contribution in [2.24, 2.45) is 0 Å². The molecule has 0 amide bonds. The summed E-state index contributed by atoms with van der Waals surface area (Å²) in [5.41, 5.74) is 0.431. The highest BCUT2D eigenvalue weighted by Gasteiger charge is 2.37. The largest absolute Gasteiger partial charge is 0.504 e. The summed E-state index contributed by atoms with van der Waals surface area (Å²) in [5, 5.41) is 38.3. The Morgan fingerprint density at radius 1 is 0.710 bits per heavy atom. The number of aromatic nitrogens is 1. The molecule has 0 saturated heterocycles. The standard InChI is InChI=1S/C19H18N2O8S2/c22-16-6-4-14(11-18(16)24)30(26,27)21(10-8-13-3-1-2-9-20-13)31(28,29)15-5-7-17(23)19(25)12-15/h1-7,9,11-12,22-25H,8,10H2. The molecule has 3 rings (SSSR count). The summed E-state index contributed by atoms with van der Waals surface area (Å²) >= 11 is 0. The Morgan fingerprint density at radius 2 is 1.23 bits per heavy atom. The molecular formula is C19H18N2O8S2. The molecule has 4 N–H and O–H groups in total. The lowest BCUT2D eigenvalue weighted by Crippen LogP contribution is -2.38. The lowest BCUT2D eigenvalue weighted by atomic mass is 10.3. The van der Waals surface area contributed by atoms with Gasteiger partial charge in [-0.05, 0) is 36.4 Å². The molecule has 0 aliphatic carbocycles. The van der Waals surface area contributed by atoms with E-state index in [1.165, 1.54) is 6.20 Å². The zero-order valence-electron chi connectivity index (χ0n) is 15.8. The first-order valence-electron chi connectivity index (χ1n) is 8.75. The normalized spacial score (nSPS) is 12.2. The first kappa shape index (κ1) is 22.3. The number of phenols is 4. The van der Waals surface area contributed by atoms with Gasteiger partial charge in [-0.25, -0.2) is 16.8 Å². The molecule has 0 bridgehead atoms. The van der Waals surface area contributed by atoms with Crippen molar-refractivity contribution in [3.63, 3.8) is 0 Å². The van der Waals surface area contributed by atoms with E-state index in [-0.39, 0.29) is 10.1 Å². The summed E-state index contributed by atoms with van der Waals surface area (Å²) in [6, 6.07) is 10.1. The Balaban J connectivity index is 2.11. The molecule has 0 aliphatic heterocycles. The number of phenolic OH excluding ortho intramolecular Hbond substituents is 4. The van der Waals surface area contributed by atoms with Crippen molar-refractivity contribution < 1.29 is 37.3 Å². The maximum atomic E-state index is 13.2. The van der Waals surface area contributed by atoms with Gasteiger partial charge in [-0.1, -0.05) is 9.78 Å². The highest BCUT2D eigenvalue weighted by Crippen LogP contribution is 2.33. The highest BCUT2D eigenvalue weighted by molar-refractivity contribution is 8.04. The van der Waals surface area contributed by atoms with Crippen molar-refractivity contribution in [2.45, 2.75) is 16.2 Å². The predicted octanol–water partition coefficient (Wildman–Crippen LogP) is 1.53. The van der Waals surface area contributed by atoms with E-state index in [1.54, 1.807) is 18.2 Å². The fourth-order valence-electron chi connectivity index (χ4n) is 2.68. The molecule has 0 saturated carbocycles. The van der Waals surface area contributed by atoms with Gasteiger partial charge in [0.05, 0.1) is 9.79 Å². The van der Waals surface area contributed by atoms with Crippen LogP contribution in [0.1, 0.15) is 5.69 Å². The van der Waals surface area contributed by atoms with Crippen molar-refractivity contribution >= 4 is 20.0 Å². The lowest BCUT2D eigenvalue weighted by molar-refractivity contribution is 0.401. The number of nitrogens with zero attached hydrogens (tertiary/aromatic N) is 2. The van der Waals surface area contributed by atoms with Gasteiger partial charge < -0.3 is 20.4 Å². The molecule has 0 unspecified atom stereocenters. The quantitative estimate of drug-likeness (QED) is 0.378. The zero-order chi connectivity index (χ0) is 22.8. The van der Waals surface area contributed by atoms with E-state index in [1.807, 2.05) is 0 Å². The summed E-state index contributed by atoms with van der Waals surface area (Å²) in [6.45, 7) is -0.537. The maximum absolute atomic E-state index is 13.2. The molecule has 164 valence electrons. The van der Waals surface area contributed by atoms with Crippen LogP contribution in [0.5, 0.6) is 23.0 Å². The first-order chi connectivity index (χ1) is 14.5. The van der Waals surface area contributed by atoms with Gasteiger partial charge in [0.25, 0.3) is 20.0 Å². The molecule has 3 aromatic rings. The van der Waals surface area contributed by atoms with Crippen molar-refractivity contribution in [3.05, 3.63) is 66.5 Å². The van der Waals surface area contributed by atoms with Crippen LogP contribution in [0.25, 0.3) is 0 Å². The smallest absolute Gasteiger partial charge is 0.256 e. The van der Waals surface area contributed by atoms with E-state index in [2.05, 4.69) is 4.98 Å². The Kier molecular flexibility index (Phi) is 6.06. The number of aromatic hydroxyl groups is 4.